The first kappa shape index (κ1) is 15.7. The number of nitrogens with one attached hydrogen (secondary N) is 1. The molecule has 0 spiro atoms. The molecule has 2 rings (SSSR count). The van der Waals surface area contributed by atoms with E-state index in [0.29, 0.717) is 12.2 Å². The zero-order valence-electron chi connectivity index (χ0n) is 12.2. The van der Waals surface area contributed by atoms with Crippen molar-refractivity contribution in [2.24, 2.45) is 0 Å². The van der Waals surface area contributed by atoms with E-state index in [0.717, 1.165) is 6.07 Å². The average Bonchev–Trinajstić information content (AvgIpc) is 2.92. The van der Waals surface area contributed by atoms with Gasteiger partial charge in [-0.15, -0.1) is 0 Å². The van der Waals surface area contributed by atoms with Gasteiger partial charge in [0, 0.05) is 25.0 Å². The molecule has 116 valence electrons. The fraction of sp³-hybridized carbons (Fsp3) is 0.267. The molecule has 1 atom stereocenters. The average molecular weight is 305 g/mol. The molecule has 0 saturated carbocycles. The van der Waals surface area contributed by atoms with Gasteiger partial charge >= 0.3 is 5.97 Å². The normalized spacial score (nSPS) is 11.8. The number of hydrogen-bond acceptors (Lipinski definition) is 4. The van der Waals surface area contributed by atoms with Crippen molar-refractivity contribution in [2.45, 2.75) is 26.5 Å². The number of esters is 1. The van der Waals surface area contributed by atoms with Crippen LogP contribution >= 0.6 is 0 Å². The second-order valence-corrected chi connectivity index (χ2v) is 4.82. The number of amides is 1. The third-order valence-corrected chi connectivity index (χ3v) is 2.82. The first-order chi connectivity index (χ1) is 10.5. The number of ether oxygens (including phenoxy) is 1. The van der Waals surface area contributed by atoms with E-state index >= 15 is 0 Å². The topological polar surface area (TPSA) is 73.2 Å². The molecule has 0 radical (unpaired) electrons. The fourth-order valence-electron chi connectivity index (χ4n) is 1.92. The molecule has 0 fully saturated rings. The third kappa shape index (κ3) is 4.15. The van der Waals surface area contributed by atoms with Crippen molar-refractivity contribution in [3.05, 3.63) is 48.0 Å². The molecule has 1 N–H and O–H groups in total. The summed E-state index contributed by atoms with van der Waals surface area (Å²) in [5.74, 6) is -1.80. The number of hydrogen-bond donors (Lipinski definition) is 1. The van der Waals surface area contributed by atoms with Crippen LogP contribution in [0.2, 0.25) is 0 Å². The molecule has 1 amide bonds. The van der Waals surface area contributed by atoms with Crippen LogP contribution in [0.25, 0.3) is 0 Å². The highest BCUT2D eigenvalue weighted by atomic mass is 19.1. The summed E-state index contributed by atoms with van der Waals surface area (Å²) < 4.78 is 20.6. The quantitative estimate of drug-likeness (QED) is 0.860. The van der Waals surface area contributed by atoms with Crippen LogP contribution in [-0.2, 0) is 16.1 Å². The minimum absolute atomic E-state index is 0.224. The lowest BCUT2D eigenvalue weighted by atomic mass is 10.2. The zero-order valence-corrected chi connectivity index (χ0v) is 12.2. The molecule has 7 heteroatoms. The van der Waals surface area contributed by atoms with Crippen molar-refractivity contribution in [3.8, 4) is 0 Å². The largest absolute Gasteiger partial charge is 0.457 e. The van der Waals surface area contributed by atoms with Gasteiger partial charge in [0.15, 0.2) is 0 Å². The summed E-state index contributed by atoms with van der Waals surface area (Å²) >= 11 is 0. The second-order valence-electron chi connectivity index (χ2n) is 4.82. The van der Waals surface area contributed by atoms with Crippen molar-refractivity contribution >= 4 is 17.6 Å². The molecule has 1 heterocycles. The van der Waals surface area contributed by atoms with Gasteiger partial charge in [0.2, 0.25) is 5.91 Å². The number of nitrogens with zero attached hydrogens (tertiary/aromatic N) is 2. The predicted octanol–water partition coefficient (Wildman–Crippen LogP) is 2.23. The van der Waals surface area contributed by atoms with E-state index < -0.39 is 17.9 Å². The number of rotatable bonds is 5. The van der Waals surface area contributed by atoms with Crippen molar-refractivity contribution in [1.82, 2.24) is 9.78 Å². The number of carbonyl (C=O) groups excluding carboxylic acids is 2. The molecule has 1 aromatic heterocycles. The standard InChI is InChI=1S/C15H16FN3O3/c1-10(9-19-7-3-6-17-19)22-15(21)13-8-12(18-11(2)20)4-5-14(13)16/h3-8,10H,9H2,1-2H3,(H,18,20)/t10-/m1/s1. The highest BCUT2D eigenvalue weighted by Crippen LogP contribution is 2.16. The molecule has 1 aromatic carbocycles. The van der Waals surface area contributed by atoms with Gasteiger partial charge in [0.1, 0.15) is 11.9 Å². The Morgan fingerprint density at radius 1 is 1.45 bits per heavy atom. The summed E-state index contributed by atoms with van der Waals surface area (Å²) in [6.07, 6.45) is 2.88. The van der Waals surface area contributed by atoms with Crippen molar-refractivity contribution in [1.29, 1.82) is 0 Å². The third-order valence-electron chi connectivity index (χ3n) is 2.82. The van der Waals surface area contributed by atoms with E-state index in [-0.39, 0.29) is 11.5 Å². The van der Waals surface area contributed by atoms with Gasteiger partial charge in [-0.3, -0.25) is 9.48 Å². The van der Waals surface area contributed by atoms with E-state index in [9.17, 15) is 14.0 Å². The van der Waals surface area contributed by atoms with Gasteiger partial charge in [-0.1, -0.05) is 0 Å². The van der Waals surface area contributed by atoms with Gasteiger partial charge in [-0.05, 0) is 31.2 Å². The van der Waals surface area contributed by atoms with Crippen LogP contribution in [0.15, 0.2) is 36.7 Å². The SMILES string of the molecule is CC(=O)Nc1ccc(F)c(C(=O)O[C@H](C)Cn2cccn2)c1. The van der Waals surface area contributed by atoms with Gasteiger partial charge in [-0.2, -0.15) is 5.10 Å². The zero-order chi connectivity index (χ0) is 16.1. The Balaban J connectivity index is 2.06. The maximum atomic E-state index is 13.8. The molecule has 0 aliphatic heterocycles. The van der Waals surface area contributed by atoms with Crippen LogP contribution in [0.1, 0.15) is 24.2 Å². The summed E-state index contributed by atoms with van der Waals surface area (Å²) in [7, 11) is 0. The molecule has 0 saturated heterocycles. The highest BCUT2D eigenvalue weighted by molar-refractivity contribution is 5.94. The molecular formula is C15H16FN3O3. The lowest BCUT2D eigenvalue weighted by molar-refractivity contribution is -0.114. The summed E-state index contributed by atoms with van der Waals surface area (Å²) in [5, 5.41) is 6.49. The number of halogens is 1. The molecule has 22 heavy (non-hydrogen) atoms. The van der Waals surface area contributed by atoms with Crippen molar-refractivity contribution in [3.63, 3.8) is 0 Å². The lowest BCUT2D eigenvalue weighted by Crippen LogP contribution is -2.21. The molecular weight excluding hydrogens is 289 g/mol. The van der Waals surface area contributed by atoms with Crippen LogP contribution in [-0.4, -0.2) is 27.8 Å². The van der Waals surface area contributed by atoms with Crippen molar-refractivity contribution < 1.29 is 18.7 Å². The first-order valence-corrected chi connectivity index (χ1v) is 6.71. The maximum absolute atomic E-state index is 13.8. The molecule has 2 aromatic rings. The van der Waals surface area contributed by atoms with Crippen LogP contribution in [0.3, 0.4) is 0 Å². The monoisotopic (exact) mass is 305 g/mol. The van der Waals surface area contributed by atoms with Gasteiger partial charge in [0.25, 0.3) is 0 Å². The Hall–Kier alpha value is -2.70. The maximum Gasteiger partial charge on any atom is 0.341 e. The lowest BCUT2D eigenvalue weighted by Gasteiger charge is -2.14. The highest BCUT2D eigenvalue weighted by Gasteiger charge is 2.17. The molecule has 0 unspecified atom stereocenters. The van der Waals surface area contributed by atoms with Crippen molar-refractivity contribution in [2.75, 3.05) is 5.32 Å². The van der Waals surface area contributed by atoms with Crippen LogP contribution in [0, 0.1) is 5.82 Å². The van der Waals surface area contributed by atoms with Gasteiger partial charge in [0.05, 0.1) is 12.1 Å². The summed E-state index contributed by atoms with van der Waals surface area (Å²) in [6.45, 7) is 3.38. The molecule has 6 nitrogen and oxygen atoms in total. The number of aromatic nitrogens is 2. The first-order valence-electron chi connectivity index (χ1n) is 6.71. The summed E-state index contributed by atoms with van der Waals surface area (Å²) in [4.78, 5) is 23.0. The minimum atomic E-state index is -0.788. The molecule has 0 aliphatic rings. The van der Waals surface area contributed by atoms with E-state index in [2.05, 4.69) is 10.4 Å². The van der Waals surface area contributed by atoms with Gasteiger partial charge < -0.3 is 10.1 Å². The Morgan fingerprint density at radius 3 is 2.86 bits per heavy atom. The summed E-state index contributed by atoms with van der Waals surface area (Å²) in [5.41, 5.74) is 0.110. The Kier molecular flexibility index (Phi) is 4.88. The minimum Gasteiger partial charge on any atom is -0.457 e. The fourth-order valence-corrected chi connectivity index (χ4v) is 1.92. The number of carbonyl (C=O) groups is 2. The van der Waals surface area contributed by atoms with Crippen LogP contribution in [0.4, 0.5) is 10.1 Å². The van der Waals surface area contributed by atoms with E-state index in [1.54, 1.807) is 30.1 Å². The number of anilines is 1. The predicted molar refractivity (Wildman–Crippen MR) is 77.8 cm³/mol. The Labute approximate surface area is 126 Å². The van der Waals surface area contributed by atoms with E-state index in [4.69, 9.17) is 4.74 Å². The van der Waals surface area contributed by atoms with Crippen LogP contribution < -0.4 is 5.32 Å². The van der Waals surface area contributed by atoms with E-state index in [1.165, 1.54) is 19.1 Å². The van der Waals surface area contributed by atoms with Crippen LogP contribution in [0.5, 0.6) is 0 Å². The smallest absolute Gasteiger partial charge is 0.341 e. The Bertz CT molecular complexity index is 671. The van der Waals surface area contributed by atoms with E-state index in [1.807, 2.05) is 0 Å². The molecule has 0 bridgehead atoms. The second kappa shape index (κ2) is 6.84. The Morgan fingerprint density at radius 2 is 2.23 bits per heavy atom. The number of benzene rings is 1. The molecule has 0 aliphatic carbocycles. The summed E-state index contributed by atoms with van der Waals surface area (Å²) in [6, 6.07) is 5.49. The van der Waals surface area contributed by atoms with Gasteiger partial charge in [-0.25, -0.2) is 9.18 Å².